The molecule has 1 atom stereocenters. The second kappa shape index (κ2) is 10.5. The van der Waals surface area contributed by atoms with E-state index >= 15 is 0 Å². The first-order valence-electron chi connectivity index (χ1n) is 11.8. The second-order valence-corrected chi connectivity index (χ2v) is 8.46. The summed E-state index contributed by atoms with van der Waals surface area (Å²) in [6.45, 7) is 4.04. The Morgan fingerprint density at radius 1 is 0.889 bits per heavy atom. The number of rotatable bonds is 7. The lowest BCUT2D eigenvalue weighted by Gasteiger charge is -2.25. The summed E-state index contributed by atoms with van der Waals surface area (Å²) in [7, 11) is 0. The maximum absolute atomic E-state index is 13.3. The van der Waals surface area contributed by atoms with Crippen LogP contribution >= 0.6 is 0 Å². The smallest absolute Gasteiger partial charge is 0.310 e. The molecule has 36 heavy (non-hydrogen) atoms. The number of anilines is 1. The number of esters is 1. The summed E-state index contributed by atoms with van der Waals surface area (Å²) in [4.78, 5) is 39.6. The molecule has 0 aliphatic carbocycles. The Hall–Kier alpha value is -4.39. The Morgan fingerprint density at radius 2 is 1.50 bits per heavy atom. The SMILES string of the molecule is CCOC(=O)Cc1ccc(N2C(=O)C(=O)/C(=C(/O)c3ccc(CC)cc3)C2c2ccc(O)cc2)cc1. The fourth-order valence-electron chi connectivity index (χ4n) is 4.28. The predicted octanol–water partition coefficient (Wildman–Crippen LogP) is 4.69. The van der Waals surface area contributed by atoms with E-state index in [1.165, 1.54) is 17.0 Å². The van der Waals surface area contributed by atoms with Crippen LogP contribution in [0.3, 0.4) is 0 Å². The van der Waals surface area contributed by atoms with E-state index in [1.807, 2.05) is 19.1 Å². The molecule has 7 heteroatoms. The number of ether oxygens (including phenoxy) is 1. The summed E-state index contributed by atoms with van der Waals surface area (Å²) < 4.78 is 4.99. The zero-order valence-electron chi connectivity index (χ0n) is 20.1. The molecule has 4 rings (SSSR count). The molecule has 1 unspecified atom stereocenters. The molecule has 2 N–H and O–H groups in total. The number of hydrogen-bond acceptors (Lipinski definition) is 6. The third kappa shape index (κ3) is 4.86. The minimum Gasteiger partial charge on any atom is -0.508 e. The van der Waals surface area contributed by atoms with Gasteiger partial charge in [0.25, 0.3) is 11.7 Å². The minimum absolute atomic E-state index is 0.0363. The van der Waals surface area contributed by atoms with Gasteiger partial charge in [-0.2, -0.15) is 0 Å². The Balaban J connectivity index is 1.79. The Kier molecular flexibility index (Phi) is 7.20. The number of carbonyl (C=O) groups is 3. The van der Waals surface area contributed by atoms with Crippen molar-refractivity contribution in [3.8, 4) is 5.75 Å². The summed E-state index contributed by atoms with van der Waals surface area (Å²) >= 11 is 0. The van der Waals surface area contributed by atoms with E-state index in [0.29, 0.717) is 22.4 Å². The standard InChI is InChI=1S/C29H27NO6/c1-3-18-5-9-21(10-6-18)27(33)25-26(20-11-15-23(31)16-12-20)30(29(35)28(25)34)22-13-7-19(8-14-22)17-24(32)36-4-2/h5-16,26,31,33H,3-4,17H2,1-2H3/b27-25+. The minimum atomic E-state index is -0.910. The predicted molar refractivity (Wildman–Crippen MR) is 135 cm³/mol. The molecule has 1 aliphatic rings. The highest BCUT2D eigenvalue weighted by molar-refractivity contribution is 6.51. The molecule has 0 saturated carbocycles. The number of amides is 1. The fourth-order valence-corrected chi connectivity index (χ4v) is 4.28. The van der Waals surface area contributed by atoms with Gasteiger partial charge in [0.15, 0.2) is 0 Å². The van der Waals surface area contributed by atoms with E-state index in [4.69, 9.17) is 4.74 Å². The second-order valence-electron chi connectivity index (χ2n) is 8.46. The quantitative estimate of drug-likeness (QED) is 0.218. The molecule has 1 amide bonds. The third-order valence-electron chi connectivity index (χ3n) is 6.16. The van der Waals surface area contributed by atoms with Crippen molar-refractivity contribution < 1.29 is 29.3 Å². The average molecular weight is 486 g/mol. The first-order chi connectivity index (χ1) is 17.3. The molecular formula is C29H27NO6. The largest absolute Gasteiger partial charge is 0.508 e. The molecule has 1 aliphatic heterocycles. The number of aliphatic hydroxyl groups is 1. The molecule has 1 saturated heterocycles. The van der Waals surface area contributed by atoms with Crippen LogP contribution in [0.4, 0.5) is 5.69 Å². The van der Waals surface area contributed by atoms with E-state index in [1.54, 1.807) is 55.5 Å². The normalized spacial score (nSPS) is 16.8. The van der Waals surface area contributed by atoms with E-state index in [0.717, 1.165) is 12.0 Å². The van der Waals surface area contributed by atoms with Gasteiger partial charge in [-0.05, 0) is 54.3 Å². The van der Waals surface area contributed by atoms with Crippen LogP contribution in [0.25, 0.3) is 5.76 Å². The number of ketones is 1. The van der Waals surface area contributed by atoms with Gasteiger partial charge in [0.1, 0.15) is 11.5 Å². The van der Waals surface area contributed by atoms with Gasteiger partial charge in [0, 0.05) is 11.3 Å². The first-order valence-corrected chi connectivity index (χ1v) is 11.8. The Morgan fingerprint density at radius 3 is 2.08 bits per heavy atom. The van der Waals surface area contributed by atoms with Crippen LogP contribution in [0.5, 0.6) is 5.75 Å². The number of Topliss-reactive ketones (excluding diaryl/α,β-unsaturated/α-hetero) is 1. The fraction of sp³-hybridized carbons (Fsp3) is 0.207. The van der Waals surface area contributed by atoms with Crippen LogP contribution < -0.4 is 4.90 Å². The number of benzene rings is 3. The van der Waals surface area contributed by atoms with Gasteiger partial charge in [0.2, 0.25) is 0 Å². The number of aryl methyl sites for hydroxylation is 1. The van der Waals surface area contributed by atoms with Crippen LogP contribution in [0, 0.1) is 0 Å². The molecule has 1 fully saturated rings. The third-order valence-corrected chi connectivity index (χ3v) is 6.16. The van der Waals surface area contributed by atoms with E-state index in [9.17, 15) is 24.6 Å². The van der Waals surface area contributed by atoms with E-state index in [2.05, 4.69) is 0 Å². The molecule has 3 aromatic rings. The Bertz CT molecular complexity index is 1310. The maximum atomic E-state index is 13.3. The number of aliphatic hydroxyl groups excluding tert-OH is 1. The van der Waals surface area contributed by atoms with Crippen molar-refractivity contribution in [1.82, 2.24) is 0 Å². The van der Waals surface area contributed by atoms with Crippen molar-refractivity contribution in [3.05, 3.63) is 101 Å². The molecule has 184 valence electrons. The van der Waals surface area contributed by atoms with Crippen LogP contribution in [0.1, 0.15) is 42.1 Å². The van der Waals surface area contributed by atoms with Crippen molar-refractivity contribution >= 4 is 29.1 Å². The number of carbonyl (C=O) groups excluding carboxylic acids is 3. The lowest BCUT2D eigenvalue weighted by molar-refractivity contribution is -0.142. The van der Waals surface area contributed by atoms with Gasteiger partial charge in [0.05, 0.1) is 24.6 Å². The molecule has 3 aromatic carbocycles. The van der Waals surface area contributed by atoms with Crippen LogP contribution in [0.15, 0.2) is 78.4 Å². The summed E-state index contributed by atoms with van der Waals surface area (Å²) in [5.41, 5.74) is 3.15. The molecule has 0 spiro atoms. The van der Waals surface area contributed by atoms with Gasteiger partial charge < -0.3 is 14.9 Å². The lowest BCUT2D eigenvalue weighted by Crippen LogP contribution is -2.29. The molecule has 7 nitrogen and oxygen atoms in total. The topological polar surface area (TPSA) is 104 Å². The summed E-state index contributed by atoms with van der Waals surface area (Å²) in [6.07, 6.45) is 0.910. The molecular weight excluding hydrogens is 458 g/mol. The molecule has 0 aromatic heterocycles. The molecule has 0 radical (unpaired) electrons. The van der Waals surface area contributed by atoms with Crippen LogP contribution in [0.2, 0.25) is 0 Å². The maximum Gasteiger partial charge on any atom is 0.310 e. The molecule has 0 bridgehead atoms. The monoisotopic (exact) mass is 485 g/mol. The summed E-state index contributed by atoms with van der Waals surface area (Å²) in [5, 5.41) is 21.0. The van der Waals surface area contributed by atoms with Crippen molar-refractivity contribution in [2.45, 2.75) is 32.7 Å². The van der Waals surface area contributed by atoms with Crippen molar-refractivity contribution in [2.75, 3.05) is 11.5 Å². The van der Waals surface area contributed by atoms with Gasteiger partial charge in [-0.15, -0.1) is 0 Å². The molecule has 1 heterocycles. The first kappa shape index (κ1) is 24.7. The van der Waals surface area contributed by atoms with Crippen molar-refractivity contribution in [3.63, 3.8) is 0 Å². The van der Waals surface area contributed by atoms with Gasteiger partial charge in [-0.25, -0.2) is 0 Å². The summed E-state index contributed by atoms with van der Waals surface area (Å²) in [6, 6.07) is 19.1. The number of phenolic OH excluding ortho intramolecular Hbond substituents is 1. The van der Waals surface area contributed by atoms with Gasteiger partial charge >= 0.3 is 5.97 Å². The lowest BCUT2D eigenvalue weighted by atomic mass is 9.94. The van der Waals surface area contributed by atoms with E-state index in [-0.39, 0.29) is 36.1 Å². The number of phenols is 1. The van der Waals surface area contributed by atoms with Crippen molar-refractivity contribution in [1.29, 1.82) is 0 Å². The van der Waals surface area contributed by atoms with Crippen molar-refractivity contribution in [2.24, 2.45) is 0 Å². The van der Waals surface area contributed by atoms with E-state index < -0.39 is 17.7 Å². The highest BCUT2D eigenvalue weighted by Crippen LogP contribution is 2.42. The zero-order valence-corrected chi connectivity index (χ0v) is 20.1. The highest BCUT2D eigenvalue weighted by Gasteiger charge is 2.47. The van der Waals surface area contributed by atoms with Gasteiger partial charge in [-0.3, -0.25) is 19.3 Å². The van der Waals surface area contributed by atoms with Gasteiger partial charge in [-0.1, -0.05) is 55.5 Å². The van der Waals surface area contributed by atoms with Crippen LogP contribution in [-0.4, -0.2) is 34.5 Å². The zero-order chi connectivity index (χ0) is 25.8. The highest BCUT2D eigenvalue weighted by atomic mass is 16.5. The number of hydrogen-bond donors (Lipinski definition) is 2. The average Bonchev–Trinajstić information content (AvgIpc) is 3.15. The van der Waals surface area contributed by atoms with Crippen LogP contribution in [-0.2, 0) is 32.0 Å². The Labute approximate surface area is 209 Å². The summed E-state index contributed by atoms with van der Waals surface area (Å²) in [5.74, 6) is -2.17. The number of aromatic hydroxyl groups is 1. The number of nitrogens with zero attached hydrogens (tertiary/aromatic N) is 1.